The fourth-order valence-corrected chi connectivity index (χ4v) is 3.93. The van der Waals surface area contributed by atoms with E-state index in [2.05, 4.69) is 58.1 Å². The summed E-state index contributed by atoms with van der Waals surface area (Å²) in [6.45, 7) is 2.48. The minimum absolute atomic E-state index is 0.226. The van der Waals surface area contributed by atoms with Crippen molar-refractivity contribution < 1.29 is 4.79 Å². The van der Waals surface area contributed by atoms with E-state index in [4.69, 9.17) is 0 Å². The molecule has 5 nitrogen and oxygen atoms in total. The Labute approximate surface area is 166 Å². The Balaban J connectivity index is 1.23. The summed E-state index contributed by atoms with van der Waals surface area (Å²) in [5.41, 5.74) is 3.61. The summed E-state index contributed by atoms with van der Waals surface area (Å²) in [4.78, 5) is 18.1. The maximum absolute atomic E-state index is 11.8. The van der Waals surface area contributed by atoms with E-state index in [1.54, 1.807) is 7.05 Å². The molecule has 0 spiro atoms. The number of nitrogens with one attached hydrogen (secondary N) is 2. The lowest BCUT2D eigenvalue weighted by molar-refractivity contribution is -0.117. The van der Waals surface area contributed by atoms with Crippen molar-refractivity contribution >= 4 is 17.6 Å². The molecular weight excluding hydrogens is 348 g/mol. The summed E-state index contributed by atoms with van der Waals surface area (Å²) in [5.74, 6) is 2.41. The third kappa shape index (κ3) is 4.35. The SMILES string of the molecule is CN=C(NCc1ccc(N2CCCC2=O)cc1)NCC1CC1c1ccccc1. The Morgan fingerprint density at radius 1 is 1.11 bits per heavy atom. The molecule has 146 valence electrons. The van der Waals surface area contributed by atoms with Crippen molar-refractivity contribution in [2.45, 2.75) is 31.7 Å². The second-order valence-electron chi connectivity index (χ2n) is 7.64. The number of hydrogen-bond donors (Lipinski definition) is 2. The molecule has 2 atom stereocenters. The van der Waals surface area contributed by atoms with Crippen LogP contribution in [0, 0.1) is 5.92 Å². The van der Waals surface area contributed by atoms with Crippen LogP contribution in [0.5, 0.6) is 0 Å². The summed E-state index contributed by atoms with van der Waals surface area (Å²) >= 11 is 0. The topological polar surface area (TPSA) is 56.7 Å². The van der Waals surface area contributed by atoms with Crippen LogP contribution in [-0.4, -0.2) is 32.0 Å². The van der Waals surface area contributed by atoms with Gasteiger partial charge >= 0.3 is 0 Å². The molecule has 1 aliphatic carbocycles. The van der Waals surface area contributed by atoms with Crippen molar-refractivity contribution in [1.82, 2.24) is 10.6 Å². The molecule has 0 radical (unpaired) electrons. The van der Waals surface area contributed by atoms with Gasteiger partial charge in [0.25, 0.3) is 0 Å². The van der Waals surface area contributed by atoms with Gasteiger partial charge in [-0.2, -0.15) is 0 Å². The standard InChI is InChI=1S/C23H28N4O/c1-24-23(26-16-19-14-21(19)18-6-3-2-4-7-18)25-15-17-9-11-20(12-10-17)27-13-5-8-22(27)28/h2-4,6-7,9-12,19,21H,5,8,13-16H2,1H3,(H2,24,25,26). The molecule has 2 N–H and O–H groups in total. The first-order valence-electron chi connectivity index (χ1n) is 10.1. The highest BCUT2D eigenvalue weighted by molar-refractivity contribution is 5.95. The number of guanidine groups is 1. The molecule has 2 aromatic carbocycles. The van der Waals surface area contributed by atoms with Crippen LogP contribution in [0.1, 0.15) is 36.3 Å². The number of rotatable bonds is 6. The minimum atomic E-state index is 0.226. The van der Waals surface area contributed by atoms with Gasteiger partial charge in [-0.1, -0.05) is 42.5 Å². The normalized spacial score (nSPS) is 21.7. The third-order valence-corrected chi connectivity index (χ3v) is 5.69. The van der Waals surface area contributed by atoms with E-state index < -0.39 is 0 Å². The van der Waals surface area contributed by atoms with Crippen molar-refractivity contribution in [2.75, 3.05) is 25.0 Å². The van der Waals surface area contributed by atoms with Crippen LogP contribution in [0.15, 0.2) is 59.6 Å². The lowest BCUT2D eigenvalue weighted by atomic mass is 10.1. The molecule has 2 aliphatic rings. The van der Waals surface area contributed by atoms with E-state index in [0.717, 1.165) is 31.2 Å². The molecule has 2 unspecified atom stereocenters. The summed E-state index contributed by atoms with van der Waals surface area (Å²) in [6.07, 6.45) is 2.86. The zero-order valence-electron chi connectivity index (χ0n) is 16.4. The first-order chi connectivity index (χ1) is 13.7. The Morgan fingerprint density at radius 2 is 1.89 bits per heavy atom. The smallest absolute Gasteiger partial charge is 0.227 e. The van der Waals surface area contributed by atoms with Crippen LogP contribution < -0.4 is 15.5 Å². The summed E-state index contributed by atoms with van der Waals surface area (Å²) in [6, 6.07) is 19.0. The van der Waals surface area contributed by atoms with Crippen LogP contribution >= 0.6 is 0 Å². The molecule has 1 heterocycles. The lowest BCUT2D eigenvalue weighted by Gasteiger charge is -2.16. The summed E-state index contributed by atoms with van der Waals surface area (Å²) < 4.78 is 0. The van der Waals surface area contributed by atoms with E-state index >= 15 is 0 Å². The largest absolute Gasteiger partial charge is 0.356 e. The number of benzene rings is 2. The van der Waals surface area contributed by atoms with Crippen LogP contribution in [-0.2, 0) is 11.3 Å². The first kappa shape index (κ1) is 18.5. The van der Waals surface area contributed by atoms with Gasteiger partial charge in [0, 0.05) is 38.8 Å². The Morgan fingerprint density at radius 3 is 2.57 bits per heavy atom. The number of aliphatic imine (C=N–C) groups is 1. The molecule has 1 aliphatic heterocycles. The number of nitrogens with zero attached hydrogens (tertiary/aromatic N) is 2. The number of anilines is 1. The predicted molar refractivity (Wildman–Crippen MR) is 114 cm³/mol. The summed E-state index contributed by atoms with van der Waals surface area (Å²) in [7, 11) is 1.80. The van der Waals surface area contributed by atoms with Crippen molar-refractivity contribution in [1.29, 1.82) is 0 Å². The van der Waals surface area contributed by atoms with E-state index in [9.17, 15) is 4.79 Å². The van der Waals surface area contributed by atoms with Gasteiger partial charge in [-0.3, -0.25) is 9.79 Å². The molecule has 5 heteroatoms. The minimum Gasteiger partial charge on any atom is -0.356 e. The number of carbonyl (C=O) groups excluding carboxylic acids is 1. The maximum atomic E-state index is 11.8. The Bertz CT molecular complexity index is 831. The third-order valence-electron chi connectivity index (χ3n) is 5.69. The highest BCUT2D eigenvalue weighted by Crippen LogP contribution is 2.46. The van der Waals surface area contributed by atoms with E-state index in [0.29, 0.717) is 24.8 Å². The van der Waals surface area contributed by atoms with Crippen LogP contribution in [0.25, 0.3) is 0 Å². The summed E-state index contributed by atoms with van der Waals surface area (Å²) in [5, 5.41) is 6.83. The highest BCUT2D eigenvalue weighted by atomic mass is 16.2. The Hall–Kier alpha value is -2.82. The molecule has 1 amide bonds. The number of amides is 1. The van der Waals surface area contributed by atoms with Crippen molar-refractivity contribution in [3.05, 3.63) is 65.7 Å². The molecule has 28 heavy (non-hydrogen) atoms. The monoisotopic (exact) mass is 376 g/mol. The van der Waals surface area contributed by atoms with Crippen LogP contribution in [0.2, 0.25) is 0 Å². The second-order valence-corrected chi connectivity index (χ2v) is 7.64. The van der Waals surface area contributed by atoms with Crippen LogP contribution in [0.3, 0.4) is 0 Å². The van der Waals surface area contributed by atoms with Gasteiger partial charge < -0.3 is 15.5 Å². The van der Waals surface area contributed by atoms with E-state index in [1.807, 2.05) is 17.0 Å². The van der Waals surface area contributed by atoms with Crippen LogP contribution in [0.4, 0.5) is 5.69 Å². The number of carbonyl (C=O) groups is 1. The van der Waals surface area contributed by atoms with Gasteiger partial charge in [0.05, 0.1) is 0 Å². The highest BCUT2D eigenvalue weighted by Gasteiger charge is 2.37. The molecule has 2 fully saturated rings. The maximum Gasteiger partial charge on any atom is 0.227 e. The van der Waals surface area contributed by atoms with Gasteiger partial charge in [0.2, 0.25) is 5.91 Å². The van der Waals surface area contributed by atoms with Gasteiger partial charge in [-0.05, 0) is 47.9 Å². The quantitative estimate of drug-likeness (QED) is 0.601. The van der Waals surface area contributed by atoms with E-state index in [1.165, 1.54) is 17.5 Å². The van der Waals surface area contributed by atoms with Crippen molar-refractivity contribution in [2.24, 2.45) is 10.9 Å². The van der Waals surface area contributed by atoms with Gasteiger partial charge in [0.1, 0.15) is 0 Å². The Kier molecular flexibility index (Phi) is 5.60. The lowest BCUT2D eigenvalue weighted by Crippen LogP contribution is -2.38. The van der Waals surface area contributed by atoms with Gasteiger partial charge in [0.15, 0.2) is 5.96 Å². The zero-order chi connectivity index (χ0) is 19.3. The second kappa shape index (κ2) is 8.46. The molecule has 1 saturated carbocycles. The first-order valence-corrected chi connectivity index (χ1v) is 10.1. The average molecular weight is 377 g/mol. The van der Waals surface area contributed by atoms with Crippen molar-refractivity contribution in [3.8, 4) is 0 Å². The molecular formula is C23H28N4O. The van der Waals surface area contributed by atoms with E-state index in [-0.39, 0.29) is 5.91 Å². The fraction of sp³-hybridized carbons (Fsp3) is 0.391. The van der Waals surface area contributed by atoms with Gasteiger partial charge in [-0.15, -0.1) is 0 Å². The molecule has 1 saturated heterocycles. The molecule has 4 rings (SSSR count). The molecule has 0 aromatic heterocycles. The zero-order valence-corrected chi connectivity index (χ0v) is 16.4. The average Bonchev–Trinajstić information content (AvgIpc) is 3.40. The predicted octanol–water partition coefficient (Wildman–Crippen LogP) is 3.28. The fourth-order valence-electron chi connectivity index (χ4n) is 3.93. The van der Waals surface area contributed by atoms with Crippen molar-refractivity contribution in [3.63, 3.8) is 0 Å². The van der Waals surface area contributed by atoms with Gasteiger partial charge in [-0.25, -0.2) is 0 Å². The molecule has 2 aromatic rings. The molecule has 0 bridgehead atoms. The number of hydrogen-bond acceptors (Lipinski definition) is 2.